The summed E-state index contributed by atoms with van der Waals surface area (Å²) in [7, 11) is 0. The van der Waals surface area contributed by atoms with Crippen molar-refractivity contribution in [3.63, 3.8) is 0 Å². The number of carboxylic acid groups (broad SMARTS) is 1. The van der Waals surface area contributed by atoms with Crippen LogP contribution in [0.3, 0.4) is 0 Å². The molecule has 1 heterocycles. The largest absolute Gasteiger partial charge is 0.476 e. The van der Waals surface area contributed by atoms with Gasteiger partial charge in [-0.05, 0) is 31.5 Å². The summed E-state index contributed by atoms with van der Waals surface area (Å²) in [6.45, 7) is 3.46. The van der Waals surface area contributed by atoms with E-state index in [0.29, 0.717) is 5.56 Å². The molecule has 0 saturated carbocycles. The van der Waals surface area contributed by atoms with Crippen LogP contribution in [0.15, 0.2) is 24.4 Å². The molecule has 4 nitrogen and oxygen atoms in total. The zero-order chi connectivity index (χ0) is 12.6. The van der Waals surface area contributed by atoms with E-state index in [1.54, 1.807) is 19.1 Å². The third-order valence-corrected chi connectivity index (χ3v) is 2.45. The average molecular weight is 234 g/mol. The lowest BCUT2D eigenvalue weighted by molar-refractivity contribution is 0.0689. The molecule has 0 radical (unpaired) electrons. The molecule has 0 unspecified atom stereocenters. The molecule has 2 rings (SSSR count). The van der Waals surface area contributed by atoms with Crippen LogP contribution >= 0.6 is 0 Å². The van der Waals surface area contributed by atoms with Gasteiger partial charge in [-0.1, -0.05) is 6.07 Å². The molecule has 0 aliphatic rings. The van der Waals surface area contributed by atoms with Crippen LogP contribution in [-0.4, -0.2) is 20.9 Å². The maximum atomic E-state index is 13.6. The Morgan fingerprint density at radius 2 is 2.12 bits per heavy atom. The lowest BCUT2D eigenvalue weighted by Crippen LogP contribution is -2.03. The van der Waals surface area contributed by atoms with Crippen molar-refractivity contribution in [3.05, 3.63) is 47.0 Å². The van der Waals surface area contributed by atoms with Crippen LogP contribution in [0.1, 0.15) is 21.6 Å². The first-order valence-corrected chi connectivity index (χ1v) is 5.05. The van der Waals surface area contributed by atoms with Crippen molar-refractivity contribution in [1.29, 1.82) is 0 Å². The van der Waals surface area contributed by atoms with Gasteiger partial charge in [-0.25, -0.2) is 13.9 Å². The fourth-order valence-corrected chi connectivity index (χ4v) is 1.59. The third kappa shape index (κ3) is 2.04. The Morgan fingerprint density at radius 3 is 2.71 bits per heavy atom. The number of hydrogen-bond donors (Lipinski definition) is 1. The van der Waals surface area contributed by atoms with E-state index < -0.39 is 11.8 Å². The first-order chi connectivity index (χ1) is 7.99. The van der Waals surface area contributed by atoms with Gasteiger partial charge in [0.05, 0.1) is 0 Å². The molecule has 0 fully saturated rings. The topological polar surface area (TPSA) is 55.1 Å². The Labute approximate surface area is 97.3 Å². The van der Waals surface area contributed by atoms with Crippen molar-refractivity contribution in [1.82, 2.24) is 9.78 Å². The van der Waals surface area contributed by atoms with Crippen molar-refractivity contribution in [2.45, 2.75) is 13.8 Å². The molecule has 0 spiro atoms. The maximum absolute atomic E-state index is 13.6. The fourth-order valence-electron chi connectivity index (χ4n) is 1.59. The SMILES string of the molecule is Cc1ccc(F)c(-n2cc(C)c(C(=O)O)n2)c1. The van der Waals surface area contributed by atoms with Gasteiger partial charge in [0, 0.05) is 11.8 Å². The van der Waals surface area contributed by atoms with Gasteiger partial charge in [0.15, 0.2) is 5.69 Å². The molecule has 88 valence electrons. The minimum atomic E-state index is -1.12. The van der Waals surface area contributed by atoms with Crippen LogP contribution in [0.25, 0.3) is 5.69 Å². The predicted molar refractivity (Wildman–Crippen MR) is 60.0 cm³/mol. The quantitative estimate of drug-likeness (QED) is 0.867. The number of aromatic carboxylic acids is 1. The molecule has 0 saturated heterocycles. The molecule has 0 aliphatic carbocycles. The Kier molecular flexibility index (Phi) is 2.67. The molecule has 1 aromatic carbocycles. The van der Waals surface area contributed by atoms with Crippen molar-refractivity contribution in [3.8, 4) is 5.69 Å². The van der Waals surface area contributed by atoms with Gasteiger partial charge in [0.2, 0.25) is 0 Å². The second kappa shape index (κ2) is 4.01. The number of halogens is 1. The molecule has 0 amide bonds. The molecule has 1 N–H and O–H groups in total. The second-order valence-electron chi connectivity index (χ2n) is 3.87. The van der Waals surface area contributed by atoms with Gasteiger partial charge in [0.25, 0.3) is 0 Å². The van der Waals surface area contributed by atoms with Gasteiger partial charge in [-0.3, -0.25) is 0 Å². The zero-order valence-electron chi connectivity index (χ0n) is 9.44. The van der Waals surface area contributed by atoms with E-state index in [-0.39, 0.29) is 11.4 Å². The number of carbonyl (C=O) groups is 1. The number of nitrogens with zero attached hydrogens (tertiary/aromatic N) is 2. The highest BCUT2D eigenvalue weighted by Gasteiger charge is 2.14. The van der Waals surface area contributed by atoms with Gasteiger partial charge in [0.1, 0.15) is 11.5 Å². The van der Waals surface area contributed by atoms with Crippen LogP contribution in [0, 0.1) is 19.7 Å². The van der Waals surface area contributed by atoms with Gasteiger partial charge in [-0.2, -0.15) is 5.10 Å². The summed E-state index contributed by atoms with van der Waals surface area (Å²) >= 11 is 0. The fraction of sp³-hybridized carbons (Fsp3) is 0.167. The first kappa shape index (κ1) is 11.3. The second-order valence-corrected chi connectivity index (χ2v) is 3.87. The first-order valence-electron chi connectivity index (χ1n) is 5.05. The third-order valence-electron chi connectivity index (χ3n) is 2.45. The van der Waals surface area contributed by atoms with Crippen LogP contribution in [0.4, 0.5) is 4.39 Å². The summed E-state index contributed by atoms with van der Waals surface area (Å²) in [6, 6.07) is 4.60. The Hall–Kier alpha value is -2.17. The highest BCUT2D eigenvalue weighted by molar-refractivity contribution is 5.86. The number of hydrogen-bond acceptors (Lipinski definition) is 2. The summed E-state index contributed by atoms with van der Waals surface area (Å²) in [6.07, 6.45) is 1.50. The average Bonchev–Trinajstić information content (AvgIpc) is 2.64. The van der Waals surface area contributed by atoms with Crippen molar-refractivity contribution in [2.24, 2.45) is 0 Å². The molecule has 1 aromatic heterocycles. The van der Waals surface area contributed by atoms with E-state index in [1.165, 1.54) is 16.9 Å². The van der Waals surface area contributed by atoms with Crippen LogP contribution in [0.5, 0.6) is 0 Å². The number of benzene rings is 1. The van der Waals surface area contributed by atoms with E-state index in [0.717, 1.165) is 5.56 Å². The molecule has 0 bridgehead atoms. The highest BCUT2D eigenvalue weighted by Crippen LogP contribution is 2.16. The monoisotopic (exact) mass is 234 g/mol. The lowest BCUT2D eigenvalue weighted by atomic mass is 10.2. The van der Waals surface area contributed by atoms with Crippen molar-refractivity contribution < 1.29 is 14.3 Å². The Balaban J connectivity index is 2.57. The Bertz CT molecular complexity index is 590. The molecule has 0 aliphatic heterocycles. The van der Waals surface area contributed by atoms with Gasteiger partial charge >= 0.3 is 5.97 Å². The van der Waals surface area contributed by atoms with Crippen LogP contribution in [0.2, 0.25) is 0 Å². The molecule has 17 heavy (non-hydrogen) atoms. The van der Waals surface area contributed by atoms with Crippen LogP contribution in [-0.2, 0) is 0 Å². The summed E-state index contributed by atoms with van der Waals surface area (Å²) in [5, 5.41) is 12.7. The summed E-state index contributed by atoms with van der Waals surface area (Å²) < 4.78 is 14.8. The minimum absolute atomic E-state index is 0.0640. The maximum Gasteiger partial charge on any atom is 0.356 e. The highest BCUT2D eigenvalue weighted by atomic mass is 19.1. The van der Waals surface area contributed by atoms with Gasteiger partial charge < -0.3 is 5.11 Å². The van der Waals surface area contributed by atoms with Crippen LogP contribution < -0.4 is 0 Å². The molecule has 0 atom stereocenters. The van der Waals surface area contributed by atoms with E-state index >= 15 is 0 Å². The zero-order valence-corrected chi connectivity index (χ0v) is 9.44. The Morgan fingerprint density at radius 1 is 1.41 bits per heavy atom. The number of aromatic nitrogens is 2. The lowest BCUT2D eigenvalue weighted by Gasteiger charge is -2.03. The molecular formula is C12H11FN2O2. The molecule has 5 heteroatoms. The number of carboxylic acids is 1. The normalized spacial score (nSPS) is 10.5. The van der Waals surface area contributed by atoms with Crippen molar-refractivity contribution >= 4 is 5.97 Å². The predicted octanol–water partition coefficient (Wildman–Crippen LogP) is 2.33. The standard InChI is InChI=1S/C12H11FN2O2/c1-7-3-4-9(13)10(5-7)15-6-8(2)11(14-15)12(16)17/h3-6H,1-2H3,(H,16,17). The van der Waals surface area contributed by atoms with E-state index in [1.807, 2.05) is 6.92 Å². The molecule has 2 aromatic rings. The van der Waals surface area contributed by atoms with E-state index in [2.05, 4.69) is 5.10 Å². The van der Waals surface area contributed by atoms with E-state index in [4.69, 9.17) is 5.11 Å². The number of rotatable bonds is 2. The molecular weight excluding hydrogens is 223 g/mol. The van der Waals surface area contributed by atoms with Gasteiger partial charge in [-0.15, -0.1) is 0 Å². The summed E-state index contributed by atoms with van der Waals surface area (Å²) in [5.41, 5.74) is 1.57. The summed E-state index contributed by atoms with van der Waals surface area (Å²) in [5.74, 6) is -1.55. The minimum Gasteiger partial charge on any atom is -0.476 e. The number of aryl methyl sites for hydroxylation is 2. The summed E-state index contributed by atoms with van der Waals surface area (Å²) in [4.78, 5) is 10.8. The van der Waals surface area contributed by atoms with E-state index in [9.17, 15) is 9.18 Å². The van der Waals surface area contributed by atoms with Crippen molar-refractivity contribution in [2.75, 3.05) is 0 Å². The smallest absolute Gasteiger partial charge is 0.356 e.